The molecule has 1 atom stereocenters. The molecule has 0 bridgehead atoms. The minimum Gasteiger partial charge on any atom is -0.325 e. The van der Waals surface area contributed by atoms with Crippen LogP contribution in [0, 0.1) is 18.3 Å². The van der Waals surface area contributed by atoms with Crippen molar-refractivity contribution < 1.29 is 9.59 Å². The average molecular weight is 333 g/mol. The van der Waals surface area contributed by atoms with Crippen LogP contribution in [0.25, 0.3) is 0 Å². The van der Waals surface area contributed by atoms with Gasteiger partial charge in [-0.05, 0) is 50.2 Å². The molecule has 2 amide bonds. The summed E-state index contributed by atoms with van der Waals surface area (Å²) in [6.07, 6.45) is 0. The number of nitrogens with zero attached hydrogens (tertiary/aromatic N) is 3. The lowest BCUT2D eigenvalue weighted by molar-refractivity contribution is -0.121. The Morgan fingerprint density at radius 2 is 1.76 bits per heavy atom. The van der Waals surface area contributed by atoms with Gasteiger partial charge in [-0.1, -0.05) is 17.7 Å². The number of hydrogen-bond acceptors (Lipinski definition) is 3. The fourth-order valence-electron chi connectivity index (χ4n) is 2.95. The molecule has 0 aliphatic carbocycles. The summed E-state index contributed by atoms with van der Waals surface area (Å²) in [4.78, 5) is 28.6. The van der Waals surface area contributed by atoms with Crippen LogP contribution in [-0.4, -0.2) is 35.8 Å². The Morgan fingerprint density at radius 3 is 2.36 bits per heavy atom. The van der Waals surface area contributed by atoms with Crippen LogP contribution in [0.15, 0.2) is 48.5 Å². The van der Waals surface area contributed by atoms with Crippen molar-refractivity contribution in [2.75, 3.05) is 18.0 Å². The van der Waals surface area contributed by atoms with Gasteiger partial charge in [0.15, 0.2) is 0 Å². The normalized spacial score (nSPS) is 17.3. The number of amides is 2. The second-order valence-electron chi connectivity index (χ2n) is 6.31. The highest BCUT2D eigenvalue weighted by molar-refractivity contribution is 6.02. The number of hydrogen-bond donors (Lipinski definition) is 0. The molecule has 5 heteroatoms. The van der Waals surface area contributed by atoms with Gasteiger partial charge in [0.2, 0.25) is 5.91 Å². The van der Waals surface area contributed by atoms with Crippen LogP contribution in [0.5, 0.6) is 0 Å². The van der Waals surface area contributed by atoms with Crippen LogP contribution in [0.4, 0.5) is 5.69 Å². The molecule has 1 fully saturated rings. The van der Waals surface area contributed by atoms with Gasteiger partial charge in [0.1, 0.15) is 6.54 Å². The molecule has 1 aliphatic rings. The molecule has 0 aromatic heterocycles. The van der Waals surface area contributed by atoms with E-state index in [-0.39, 0.29) is 24.4 Å². The van der Waals surface area contributed by atoms with E-state index in [0.29, 0.717) is 17.7 Å². The molecule has 1 aliphatic heterocycles. The lowest BCUT2D eigenvalue weighted by atomic mass is 10.1. The van der Waals surface area contributed by atoms with Crippen LogP contribution in [0.3, 0.4) is 0 Å². The molecule has 3 rings (SSSR count). The van der Waals surface area contributed by atoms with Crippen molar-refractivity contribution in [1.29, 1.82) is 5.26 Å². The van der Waals surface area contributed by atoms with Gasteiger partial charge in [0.25, 0.3) is 5.91 Å². The van der Waals surface area contributed by atoms with Crippen molar-refractivity contribution in [1.82, 2.24) is 4.90 Å². The van der Waals surface area contributed by atoms with Crippen LogP contribution >= 0.6 is 0 Å². The Morgan fingerprint density at radius 1 is 1.12 bits per heavy atom. The van der Waals surface area contributed by atoms with E-state index >= 15 is 0 Å². The number of piperazine rings is 1. The Bertz CT molecular complexity index is 835. The van der Waals surface area contributed by atoms with E-state index < -0.39 is 0 Å². The van der Waals surface area contributed by atoms with Crippen molar-refractivity contribution in [3.8, 4) is 6.07 Å². The monoisotopic (exact) mass is 333 g/mol. The number of benzene rings is 2. The molecule has 0 spiro atoms. The van der Waals surface area contributed by atoms with Gasteiger partial charge in [-0.2, -0.15) is 5.26 Å². The van der Waals surface area contributed by atoms with Gasteiger partial charge < -0.3 is 9.80 Å². The van der Waals surface area contributed by atoms with Crippen LogP contribution in [0.1, 0.15) is 28.4 Å². The van der Waals surface area contributed by atoms with E-state index in [0.717, 1.165) is 11.3 Å². The summed E-state index contributed by atoms with van der Waals surface area (Å²) in [5, 5.41) is 8.85. The molecular weight excluding hydrogens is 314 g/mol. The topological polar surface area (TPSA) is 64.4 Å². The van der Waals surface area contributed by atoms with Crippen LogP contribution < -0.4 is 4.90 Å². The Kier molecular flexibility index (Phi) is 4.53. The first-order valence-corrected chi connectivity index (χ1v) is 8.18. The average Bonchev–Trinajstić information content (AvgIpc) is 2.63. The number of rotatable bonds is 2. The SMILES string of the molecule is Cc1ccc(N2C[C@@H](C)N(C(=O)c3ccc(C#N)cc3)CC2=O)cc1. The van der Waals surface area contributed by atoms with Crippen LogP contribution in [0.2, 0.25) is 0 Å². The maximum Gasteiger partial charge on any atom is 0.254 e. The first kappa shape index (κ1) is 16.7. The highest BCUT2D eigenvalue weighted by Gasteiger charge is 2.33. The predicted molar refractivity (Wildman–Crippen MR) is 95.2 cm³/mol. The number of aryl methyl sites for hydroxylation is 1. The fourth-order valence-corrected chi connectivity index (χ4v) is 2.95. The van der Waals surface area contributed by atoms with Crippen molar-refractivity contribution in [2.45, 2.75) is 19.9 Å². The van der Waals surface area contributed by atoms with Gasteiger partial charge in [-0.3, -0.25) is 9.59 Å². The number of anilines is 1. The molecule has 5 nitrogen and oxygen atoms in total. The van der Waals surface area contributed by atoms with E-state index in [1.165, 1.54) is 0 Å². The van der Waals surface area contributed by atoms with Crippen molar-refractivity contribution in [2.24, 2.45) is 0 Å². The van der Waals surface area contributed by atoms with Crippen molar-refractivity contribution >= 4 is 17.5 Å². The molecule has 1 heterocycles. The second kappa shape index (κ2) is 6.78. The summed E-state index contributed by atoms with van der Waals surface area (Å²) < 4.78 is 0. The summed E-state index contributed by atoms with van der Waals surface area (Å²) >= 11 is 0. The first-order chi connectivity index (χ1) is 12.0. The smallest absolute Gasteiger partial charge is 0.254 e. The largest absolute Gasteiger partial charge is 0.325 e. The molecule has 0 radical (unpaired) electrons. The third kappa shape index (κ3) is 3.38. The molecular formula is C20H19N3O2. The van der Waals surface area contributed by atoms with E-state index in [1.807, 2.05) is 44.2 Å². The summed E-state index contributed by atoms with van der Waals surface area (Å²) in [6, 6.07) is 16.2. The molecule has 1 saturated heterocycles. The summed E-state index contributed by atoms with van der Waals surface area (Å²) in [6.45, 7) is 4.45. The van der Waals surface area contributed by atoms with Crippen molar-refractivity contribution in [3.63, 3.8) is 0 Å². The molecule has 2 aromatic carbocycles. The Balaban J connectivity index is 1.77. The lowest BCUT2D eigenvalue weighted by Gasteiger charge is -2.39. The molecule has 0 N–H and O–H groups in total. The predicted octanol–water partition coefficient (Wildman–Crippen LogP) is 2.74. The van der Waals surface area contributed by atoms with Gasteiger partial charge >= 0.3 is 0 Å². The fraction of sp³-hybridized carbons (Fsp3) is 0.250. The molecule has 0 unspecified atom stereocenters. The minimum absolute atomic E-state index is 0.0495. The summed E-state index contributed by atoms with van der Waals surface area (Å²) in [7, 11) is 0. The van der Waals surface area contributed by atoms with Crippen molar-refractivity contribution in [3.05, 3.63) is 65.2 Å². The van der Waals surface area contributed by atoms with Gasteiger partial charge in [-0.15, -0.1) is 0 Å². The van der Waals surface area contributed by atoms with Gasteiger partial charge in [-0.25, -0.2) is 0 Å². The first-order valence-electron chi connectivity index (χ1n) is 8.18. The highest BCUT2D eigenvalue weighted by Crippen LogP contribution is 2.22. The zero-order valence-corrected chi connectivity index (χ0v) is 14.3. The number of carbonyl (C=O) groups excluding carboxylic acids is 2. The summed E-state index contributed by atoms with van der Waals surface area (Å²) in [5.74, 6) is -0.280. The van der Waals surface area contributed by atoms with Gasteiger partial charge in [0.05, 0.1) is 11.6 Å². The molecule has 25 heavy (non-hydrogen) atoms. The number of nitriles is 1. The standard InChI is InChI=1S/C20H19N3O2/c1-14-3-9-18(10-4-14)23-12-15(2)22(13-19(23)24)20(25)17-7-5-16(11-21)6-8-17/h3-10,15H,12-13H2,1-2H3/t15-/m1/s1. The Labute approximate surface area is 147 Å². The molecule has 2 aromatic rings. The van der Waals surface area contributed by atoms with E-state index in [1.54, 1.807) is 34.1 Å². The zero-order valence-electron chi connectivity index (χ0n) is 14.3. The highest BCUT2D eigenvalue weighted by atomic mass is 16.2. The van der Waals surface area contributed by atoms with E-state index in [4.69, 9.17) is 5.26 Å². The third-order valence-electron chi connectivity index (χ3n) is 4.45. The maximum atomic E-state index is 12.7. The number of carbonyl (C=O) groups is 2. The zero-order chi connectivity index (χ0) is 18.0. The van der Waals surface area contributed by atoms with Crippen LogP contribution in [-0.2, 0) is 4.79 Å². The van der Waals surface area contributed by atoms with Gasteiger partial charge in [0, 0.05) is 23.8 Å². The minimum atomic E-state index is -0.186. The molecule has 126 valence electrons. The Hall–Kier alpha value is -3.13. The third-order valence-corrected chi connectivity index (χ3v) is 4.45. The maximum absolute atomic E-state index is 12.7. The van der Waals surface area contributed by atoms with E-state index in [2.05, 4.69) is 0 Å². The molecule has 0 saturated carbocycles. The summed E-state index contributed by atoms with van der Waals surface area (Å²) in [5.41, 5.74) is 2.99. The van der Waals surface area contributed by atoms with E-state index in [9.17, 15) is 9.59 Å². The quantitative estimate of drug-likeness (QED) is 0.849. The lowest BCUT2D eigenvalue weighted by Crippen LogP contribution is -2.57. The second-order valence-corrected chi connectivity index (χ2v) is 6.31.